The number of rotatable bonds is 4. The maximum absolute atomic E-state index is 12.4. The first kappa shape index (κ1) is 11.1. The van der Waals surface area contributed by atoms with E-state index < -0.39 is 10.0 Å². The Morgan fingerprint density at radius 2 is 1.93 bits per heavy atom. The van der Waals surface area contributed by atoms with Crippen LogP contribution in [0.3, 0.4) is 0 Å². The Hall–Kier alpha value is -0.980. The molecule has 1 N–H and O–H groups in total. The average molecular weight is 219 g/mol. The second kappa shape index (κ2) is 4.50. The van der Waals surface area contributed by atoms with Crippen LogP contribution in [0.25, 0.3) is 0 Å². The Kier molecular flexibility index (Phi) is 3.56. The van der Waals surface area contributed by atoms with Gasteiger partial charge >= 0.3 is 0 Å². The molecule has 0 amide bonds. The van der Waals surface area contributed by atoms with Crippen LogP contribution in [0.1, 0.15) is 5.56 Å². The molecule has 0 atom stereocenters. The van der Waals surface area contributed by atoms with Crippen molar-refractivity contribution in [3.8, 4) is 0 Å². The van der Waals surface area contributed by atoms with Crippen LogP contribution < -0.4 is 4.89 Å². The summed E-state index contributed by atoms with van der Waals surface area (Å²) in [6, 6.07) is 5.58. The highest BCUT2D eigenvalue weighted by Crippen LogP contribution is 2.03. The lowest BCUT2D eigenvalue weighted by atomic mass is 10.2. The smallest absolute Gasteiger partial charge is 0.230 e. The SMILES string of the molecule is CS(=O)(=O)NOCc1ccc(F)cc1. The summed E-state index contributed by atoms with van der Waals surface area (Å²) in [6.07, 6.45) is 0.984. The van der Waals surface area contributed by atoms with Crippen LogP contribution in [0, 0.1) is 5.82 Å². The second-order valence-electron chi connectivity index (χ2n) is 2.77. The van der Waals surface area contributed by atoms with Crippen molar-refractivity contribution >= 4 is 10.0 Å². The van der Waals surface area contributed by atoms with Gasteiger partial charge in [-0.25, -0.2) is 12.8 Å². The molecule has 0 aromatic heterocycles. The van der Waals surface area contributed by atoms with Crippen molar-refractivity contribution in [2.75, 3.05) is 6.26 Å². The van der Waals surface area contributed by atoms with Crippen molar-refractivity contribution in [3.05, 3.63) is 35.6 Å². The number of sulfonamides is 1. The Labute approximate surface area is 81.7 Å². The second-order valence-corrected chi connectivity index (χ2v) is 4.48. The third kappa shape index (κ3) is 4.31. The zero-order valence-electron chi connectivity index (χ0n) is 7.53. The van der Waals surface area contributed by atoms with Gasteiger partial charge in [-0.2, -0.15) is 0 Å². The molecule has 0 unspecified atom stereocenters. The maximum atomic E-state index is 12.4. The van der Waals surface area contributed by atoms with E-state index in [0.29, 0.717) is 5.56 Å². The van der Waals surface area contributed by atoms with E-state index in [1.54, 1.807) is 0 Å². The predicted molar refractivity (Wildman–Crippen MR) is 49.2 cm³/mol. The van der Waals surface area contributed by atoms with Gasteiger partial charge in [0.15, 0.2) is 0 Å². The quantitative estimate of drug-likeness (QED) is 0.762. The Morgan fingerprint density at radius 1 is 1.36 bits per heavy atom. The molecule has 1 aromatic rings. The van der Waals surface area contributed by atoms with Crippen molar-refractivity contribution in [2.24, 2.45) is 0 Å². The first-order valence-electron chi connectivity index (χ1n) is 3.80. The molecule has 0 spiro atoms. The van der Waals surface area contributed by atoms with Gasteiger partial charge in [0.05, 0.1) is 12.9 Å². The Balaban J connectivity index is 2.43. The molecular formula is C8H10FNO3S. The summed E-state index contributed by atoms with van der Waals surface area (Å²) in [6.45, 7) is 0.0628. The van der Waals surface area contributed by atoms with E-state index >= 15 is 0 Å². The molecule has 1 rings (SSSR count). The molecule has 0 fully saturated rings. The van der Waals surface area contributed by atoms with Crippen molar-refractivity contribution < 1.29 is 17.6 Å². The molecule has 0 heterocycles. The van der Waals surface area contributed by atoms with E-state index in [1.165, 1.54) is 24.3 Å². The zero-order chi connectivity index (χ0) is 10.6. The fourth-order valence-corrected chi connectivity index (χ4v) is 1.07. The third-order valence-electron chi connectivity index (χ3n) is 1.36. The topological polar surface area (TPSA) is 55.4 Å². The summed E-state index contributed by atoms with van der Waals surface area (Å²) in [7, 11) is -3.35. The molecule has 4 nitrogen and oxygen atoms in total. The van der Waals surface area contributed by atoms with Crippen LogP contribution in [-0.4, -0.2) is 14.7 Å². The summed E-state index contributed by atoms with van der Waals surface area (Å²) in [5.74, 6) is -0.343. The summed E-state index contributed by atoms with van der Waals surface area (Å²) in [5, 5.41) is 0. The van der Waals surface area contributed by atoms with Gasteiger partial charge < -0.3 is 0 Å². The number of hydrogen-bond acceptors (Lipinski definition) is 3. The highest BCUT2D eigenvalue weighted by molar-refractivity contribution is 7.88. The van der Waals surface area contributed by atoms with E-state index in [-0.39, 0.29) is 12.4 Å². The molecule has 0 aliphatic rings. The lowest BCUT2D eigenvalue weighted by Gasteiger charge is -2.03. The minimum absolute atomic E-state index is 0.0628. The van der Waals surface area contributed by atoms with E-state index in [2.05, 4.69) is 4.84 Å². The summed E-state index contributed by atoms with van der Waals surface area (Å²) < 4.78 is 33.6. The van der Waals surface area contributed by atoms with E-state index in [0.717, 1.165) is 6.26 Å². The van der Waals surface area contributed by atoms with E-state index in [9.17, 15) is 12.8 Å². The minimum Gasteiger partial charge on any atom is -0.282 e. The lowest BCUT2D eigenvalue weighted by Crippen LogP contribution is -2.21. The van der Waals surface area contributed by atoms with Gasteiger partial charge in [0.25, 0.3) is 0 Å². The average Bonchev–Trinajstić information content (AvgIpc) is 2.06. The van der Waals surface area contributed by atoms with Crippen LogP contribution >= 0.6 is 0 Å². The predicted octanol–water partition coefficient (Wildman–Crippen LogP) is 0.806. The number of halogens is 1. The third-order valence-corrected chi connectivity index (χ3v) is 1.78. The molecule has 0 aliphatic carbocycles. The summed E-state index contributed by atoms with van der Waals surface area (Å²) >= 11 is 0. The van der Waals surface area contributed by atoms with Crippen LogP contribution in [0.2, 0.25) is 0 Å². The van der Waals surface area contributed by atoms with Gasteiger partial charge in [-0.3, -0.25) is 4.84 Å². The Bertz CT molecular complexity index is 388. The minimum atomic E-state index is -3.35. The first-order valence-corrected chi connectivity index (χ1v) is 5.69. The molecule has 0 saturated carbocycles. The van der Waals surface area contributed by atoms with Crippen molar-refractivity contribution in [2.45, 2.75) is 6.61 Å². The number of nitrogens with one attached hydrogen (secondary N) is 1. The van der Waals surface area contributed by atoms with Gasteiger partial charge in [-0.15, -0.1) is 0 Å². The van der Waals surface area contributed by atoms with E-state index in [1.807, 2.05) is 4.89 Å². The molecule has 78 valence electrons. The van der Waals surface area contributed by atoms with Gasteiger partial charge in [-0.1, -0.05) is 17.0 Å². The maximum Gasteiger partial charge on any atom is 0.230 e. The van der Waals surface area contributed by atoms with Crippen LogP contribution in [0.15, 0.2) is 24.3 Å². The molecule has 0 bridgehead atoms. The zero-order valence-corrected chi connectivity index (χ0v) is 8.34. The van der Waals surface area contributed by atoms with Gasteiger partial charge in [0.1, 0.15) is 5.82 Å². The first-order chi connectivity index (χ1) is 6.47. The molecule has 0 aliphatic heterocycles. The standard InChI is InChI=1S/C8H10FNO3S/c1-14(11,12)10-13-6-7-2-4-8(9)5-3-7/h2-5,10H,6H2,1H3. The van der Waals surface area contributed by atoms with Gasteiger partial charge in [0.2, 0.25) is 10.0 Å². The molecule has 1 aromatic carbocycles. The van der Waals surface area contributed by atoms with Crippen LogP contribution in [0.4, 0.5) is 4.39 Å². The Morgan fingerprint density at radius 3 is 2.43 bits per heavy atom. The fourth-order valence-electron chi connectivity index (χ4n) is 0.800. The molecule has 0 saturated heterocycles. The summed E-state index contributed by atoms with van der Waals surface area (Å²) in [5.41, 5.74) is 0.683. The van der Waals surface area contributed by atoms with E-state index in [4.69, 9.17) is 0 Å². The van der Waals surface area contributed by atoms with Crippen LogP contribution in [0.5, 0.6) is 0 Å². The van der Waals surface area contributed by atoms with Gasteiger partial charge in [0, 0.05) is 0 Å². The monoisotopic (exact) mass is 219 g/mol. The van der Waals surface area contributed by atoms with Crippen molar-refractivity contribution in [1.29, 1.82) is 0 Å². The molecule has 0 radical (unpaired) electrons. The number of hydrogen-bond donors (Lipinski definition) is 1. The highest BCUT2D eigenvalue weighted by atomic mass is 32.2. The highest BCUT2D eigenvalue weighted by Gasteiger charge is 2.00. The number of benzene rings is 1. The molecular weight excluding hydrogens is 209 g/mol. The van der Waals surface area contributed by atoms with Crippen molar-refractivity contribution in [1.82, 2.24) is 4.89 Å². The lowest BCUT2D eigenvalue weighted by molar-refractivity contribution is 0.0800. The van der Waals surface area contributed by atoms with Gasteiger partial charge in [-0.05, 0) is 17.7 Å². The fraction of sp³-hybridized carbons (Fsp3) is 0.250. The molecule has 6 heteroatoms. The van der Waals surface area contributed by atoms with Crippen molar-refractivity contribution in [3.63, 3.8) is 0 Å². The largest absolute Gasteiger partial charge is 0.282 e. The van der Waals surface area contributed by atoms with Crippen LogP contribution in [-0.2, 0) is 21.5 Å². The molecule has 14 heavy (non-hydrogen) atoms. The normalized spacial score (nSPS) is 11.6. The summed E-state index contributed by atoms with van der Waals surface area (Å²) in [4.78, 5) is 6.53.